The second-order valence-corrected chi connectivity index (χ2v) is 10.2. The van der Waals surface area contributed by atoms with Gasteiger partial charge in [-0.05, 0) is 45.1 Å². The van der Waals surface area contributed by atoms with Crippen LogP contribution in [-0.2, 0) is 32.5 Å². The minimum atomic E-state index is -3.38. The molecular formula is C20H33N3O4S. The van der Waals surface area contributed by atoms with E-state index < -0.39 is 9.84 Å². The Morgan fingerprint density at radius 1 is 1.21 bits per heavy atom. The van der Waals surface area contributed by atoms with Crippen molar-refractivity contribution in [2.24, 2.45) is 11.8 Å². The Kier molecular flexibility index (Phi) is 7.15. The molecule has 0 amide bonds. The number of ether oxygens (including phenoxy) is 1. The van der Waals surface area contributed by atoms with Gasteiger partial charge in [0.25, 0.3) is 0 Å². The molecule has 1 aliphatic carbocycles. The molecule has 1 aromatic heterocycles. The molecule has 1 unspecified atom stereocenters. The van der Waals surface area contributed by atoms with Crippen LogP contribution in [0.15, 0.2) is 11.4 Å². The van der Waals surface area contributed by atoms with Crippen molar-refractivity contribution in [2.45, 2.75) is 70.1 Å². The van der Waals surface area contributed by atoms with Gasteiger partial charge in [0, 0.05) is 25.9 Å². The quantitative estimate of drug-likeness (QED) is 0.642. The van der Waals surface area contributed by atoms with Crippen LogP contribution in [-0.4, -0.2) is 54.8 Å². The Bertz CT molecular complexity index is 768. The van der Waals surface area contributed by atoms with Crippen molar-refractivity contribution in [1.82, 2.24) is 14.5 Å². The zero-order valence-electron chi connectivity index (χ0n) is 17.1. The maximum absolute atomic E-state index is 12.3. The Morgan fingerprint density at radius 3 is 2.64 bits per heavy atom. The number of aromatic nitrogens is 2. The lowest BCUT2D eigenvalue weighted by Crippen LogP contribution is -2.39. The molecule has 1 aromatic rings. The van der Waals surface area contributed by atoms with Gasteiger partial charge in [0.1, 0.15) is 0 Å². The van der Waals surface area contributed by atoms with E-state index in [1.54, 1.807) is 6.20 Å². The van der Waals surface area contributed by atoms with Crippen LogP contribution in [0.2, 0.25) is 0 Å². The number of nitrogens with zero attached hydrogens (tertiary/aromatic N) is 3. The van der Waals surface area contributed by atoms with Gasteiger partial charge in [-0.2, -0.15) is 0 Å². The fourth-order valence-electron chi connectivity index (χ4n) is 4.52. The summed E-state index contributed by atoms with van der Waals surface area (Å²) in [6, 6.07) is 0. The predicted octanol–water partition coefficient (Wildman–Crippen LogP) is 2.64. The molecule has 0 spiro atoms. The average molecular weight is 412 g/mol. The number of carbonyl (C=O) groups excluding carboxylic acids is 1. The molecule has 0 aromatic carbocycles. The molecule has 3 rings (SSSR count). The van der Waals surface area contributed by atoms with Crippen molar-refractivity contribution in [3.8, 4) is 0 Å². The molecular weight excluding hydrogens is 378 g/mol. The number of likely N-dealkylation sites (tertiary alicyclic amines) is 1. The number of sulfone groups is 1. The van der Waals surface area contributed by atoms with Crippen molar-refractivity contribution >= 4 is 15.8 Å². The third-order valence-electron chi connectivity index (χ3n) is 5.91. The third-order valence-corrected chi connectivity index (χ3v) is 6.90. The molecule has 2 heterocycles. The topological polar surface area (TPSA) is 81.5 Å². The van der Waals surface area contributed by atoms with Crippen LogP contribution in [0.5, 0.6) is 0 Å². The van der Waals surface area contributed by atoms with Gasteiger partial charge in [-0.3, -0.25) is 9.69 Å². The zero-order valence-corrected chi connectivity index (χ0v) is 17.9. The van der Waals surface area contributed by atoms with Crippen LogP contribution in [0.25, 0.3) is 0 Å². The van der Waals surface area contributed by atoms with Gasteiger partial charge in [0.15, 0.2) is 0 Å². The Labute approximate surface area is 168 Å². The summed E-state index contributed by atoms with van der Waals surface area (Å²) in [5.74, 6) is 0.286. The Morgan fingerprint density at radius 2 is 1.96 bits per heavy atom. The fourth-order valence-corrected chi connectivity index (χ4v) is 5.35. The third kappa shape index (κ3) is 5.35. The maximum Gasteiger partial charge on any atom is 0.310 e. The molecule has 0 N–H and O–H groups in total. The molecule has 0 radical (unpaired) electrons. The monoisotopic (exact) mass is 411 g/mol. The van der Waals surface area contributed by atoms with Crippen LogP contribution >= 0.6 is 0 Å². The van der Waals surface area contributed by atoms with Crippen molar-refractivity contribution in [3.63, 3.8) is 0 Å². The van der Waals surface area contributed by atoms with Crippen LogP contribution in [0.4, 0.5) is 0 Å². The minimum absolute atomic E-state index is 0.0993. The highest BCUT2D eigenvalue weighted by Gasteiger charge is 2.29. The fraction of sp³-hybridized carbons (Fsp3) is 0.800. The number of rotatable bonds is 7. The van der Waals surface area contributed by atoms with Crippen molar-refractivity contribution < 1.29 is 17.9 Å². The molecule has 1 aliphatic heterocycles. The van der Waals surface area contributed by atoms with Gasteiger partial charge in [-0.25, -0.2) is 13.4 Å². The zero-order chi connectivity index (χ0) is 20.1. The smallest absolute Gasteiger partial charge is 0.310 e. The summed E-state index contributed by atoms with van der Waals surface area (Å²) >= 11 is 0. The van der Waals surface area contributed by atoms with E-state index in [4.69, 9.17) is 4.74 Å². The van der Waals surface area contributed by atoms with Crippen LogP contribution < -0.4 is 0 Å². The number of piperidine rings is 1. The predicted molar refractivity (Wildman–Crippen MR) is 107 cm³/mol. The van der Waals surface area contributed by atoms with Crippen molar-refractivity contribution in [2.75, 3.05) is 26.0 Å². The van der Waals surface area contributed by atoms with Crippen molar-refractivity contribution in [3.05, 3.63) is 11.9 Å². The first-order valence-corrected chi connectivity index (χ1v) is 12.4. The van der Waals surface area contributed by atoms with Crippen LogP contribution in [0.1, 0.15) is 57.6 Å². The number of imidazole rings is 1. The SMILES string of the molecule is CCOC(=O)C1CCCN(Cc2cnc(S(C)(=O)=O)n2CC2CCCCC2)C1. The number of esters is 1. The number of hydrogen-bond donors (Lipinski definition) is 0. The summed E-state index contributed by atoms with van der Waals surface area (Å²) in [5, 5.41) is 0.173. The van der Waals surface area contributed by atoms with Gasteiger partial charge in [0.05, 0.1) is 24.4 Å². The highest BCUT2D eigenvalue weighted by molar-refractivity contribution is 7.90. The molecule has 8 heteroatoms. The van der Waals surface area contributed by atoms with E-state index in [-0.39, 0.29) is 17.0 Å². The Balaban J connectivity index is 1.75. The Hall–Kier alpha value is -1.41. The molecule has 0 bridgehead atoms. The maximum atomic E-state index is 12.3. The lowest BCUT2D eigenvalue weighted by molar-refractivity contribution is -0.150. The first kappa shape index (κ1) is 21.3. The summed E-state index contributed by atoms with van der Waals surface area (Å²) in [4.78, 5) is 18.6. The summed E-state index contributed by atoms with van der Waals surface area (Å²) < 4.78 is 31.6. The standard InChI is InChI=1S/C20H33N3O4S/c1-3-27-19(24)17-10-7-11-22(14-17)15-18-12-21-20(28(2,25)26)23(18)13-16-8-5-4-6-9-16/h12,16-17H,3-11,13-15H2,1-2H3. The van der Waals surface area contributed by atoms with Gasteiger partial charge < -0.3 is 9.30 Å². The van der Waals surface area contributed by atoms with E-state index >= 15 is 0 Å². The first-order chi connectivity index (χ1) is 13.4. The largest absolute Gasteiger partial charge is 0.466 e. The second kappa shape index (κ2) is 9.39. The van der Waals surface area contributed by atoms with Crippen LogP contribution in [0.3, 0.4) is 0 Å². The molecule has 7 nitrogen and oxygen atoms in total. The summed E-state index contributed by atoms with van der Waals surface area (Å²) in [6.45, 7) is 5.12. The van der Waals surface area contributed by atoms with Crippen LogP contribution in [0, 0.1) is 11.8 Å². The van der Waals surface area contributed by atoms with Gasteiger partial charge in [-0.15, -0.1) is 0 Å². The minimum Gasteiger partial charge on any atom is -0.466 e. The molecule has 28 heavy (non-hydrogen) atoms. The first-order valence-electron chi connectivity index (χ1n) is 10.5. The van der Waals surface area contributed by atoms with Gasteiger partial charge in [-0.1, -0.05) is 19.3 Å². The normalized spacial score (nSPS) is 22.3. The molecule has 1 saturated carbocycles. The molecule has 2 aliphatic rings. The number of carbonyl (C=O) groups is 1. The number of hydrogen-bond acceptors (Lipinski definition) is 6. The average Bonchev–Trinajstić information content (AvgIpc) is 3.05. The second-order valence-electron chi connectivity index (χ2n) is 8.25. The highest BCUT2D eigenvalue weighted by atomic mass is 32.2. The summed E-state index contributed by atoms with van der Waals surface area (Å²) in [5.41, 5.74) is 0.926. The molecule has 1 atom stereocenters. The molecule has 2 fully saturated rings. The molecule has 1 saturated heterocycles. The molecule has 158 valence electrons. The lowest BCUT2D eigenvalue weighted by atomic mass is 9.89. The van der Waals surface area contributed by atoms with E-state index in [1.807, 2.05) is 11.5 Å². The van der Waals surface area contributed by atoms with E-state index in [0.29, 0.717) is 32.2 Å². The van der Waals surface area contributed by atoms with Gasteiger partial charge >= 0.3 is 5.97 Å². The summed E-state index contributed by atoms with van der Waals surface area (Å²) in [6.07, 6.45) is 10.7. The summed E-state index contributed by atoms with van der Waals surface area (Å²) in [7, 11) is -3.38. The van der Waals surface area contributed by atoms with Crippen molar-refractivity contribution in [1.29, 1.82) is 0 Å². The van der Waals surface area contributed by atoms with E-state index in [2.05, 4.69) is 9.88 Å². The van der Waals surface area contributed by atoms with E-state index in [1.165, 1.54) is 25.5 Å². The van der Waals surface area contributed by atoms with E-state index in [0.717, 1.165) is 37.9 Å². The van der Waals surface area contributed by atoms with Gasteiger partial charge in [0.2, 0.25) is 15.0 Å². The van der Waals surface area contributed by atoms with E-state index in [9.17, 15) is 13.2 Å². The lowest BCUT2D eigenvalue weighted by Gasteiger charge is -2.32. The highest BCUT2D eigenvalue weighted by Crippen LogP contribution is 2.28.